The van der Waals surface area contributed by atoms with Gasteiger partial charge >= 0.3 is 0 Å². The molecule has 0 fully saturated rings. The van der Waals surface area contributed by atoms with Crippen molar-refractivity contribution in [3.05, 3.63) is 85.2 Å². The first-order chi connectivity index (χ1) is 14.7. The highest BCUT2D eigenvalue weighted by molar-refractivity contribution is 6.03. The van der Waals surface area contributed by atoms with Gasteiger partial charge in [0.1, 0.15) is 11.3 Å². The zero-order valence-corrected chi connectivity index (χ0v) is 17.0. The number of aromatic nitrogens is 2. The number of ether oxygens (including phenoxy) is 1. The van der Waals surface area contributed by atoms with Crippen molar-refractivity contribution in [1.82, 2.24) is 9.78 Å². The van der Waals surface area contributed by atoms with E-state index >= 15 is 0 Å². The zero-order chi connectivity index (χ0) is 22.7. The van der Waals surface area contributed by atoms with E-state index in [1.54, 1.807) is 6.20 Å². The fourth-order valence-electron chi connectivity index (χ4n) is 2.98. The highest BCUT2D eigenvalue weighted by atomic mass is 16.6. The lowest BCUT2D eigenvalue weighted by molar-refractivity contribution is -0.395. The van der Waals surface area contributed by atoms with Crippen LogP contribution in [0.1, 0.15) is 27.2 Å². The molecule has 11 nitrogen and oxygen atoms in total. The molecule has 0 saturated carbocycles. The Hall–Kier alpha value is -4.28. The number of anilines is 1. The van der Waals surface area contributed by atoms with E-state index in [-0.39, 0.29) is 23.7 Å². The minimum atomic E-state index is -0.739. The first-order valence-electron chi connectivity index (χ1n) is 9.14. The van der Waals surface area contributed by atoms with Gasteiger partial charge in [-0.15, -0.1) is 0 Å². The minimum absolute atomic E-state index is 0.0232. The molecule has 0 spiro atoms. The van der Waals surface area contributed by atoms with Crippen LogP contribution in [0.4, 0.5) is 17.1 Å². The third-order valence-electron chi connectivity index (χ3n) is 4.56. The topological polar surface area (TPSA) is 142 Å². The van der Waals surface area contributed by atoms with Gasteiger partial charge in [0.25, 0.3) is 17.3 Å². The van der Waals surface area contributed by atoms with E-state index in [0.29, 0.717) is 5.75 Å². The van der Waals surface area contributed by atoms with E-state index in [1.165, 1.54) is 17.7 Å². The Bertz CT molecular complexity index is 1150. The maximum Gasteiger partial charge on any atom is 0.281 e. The first kappa shape index (κ1) is 21.4. The molecule has 1 amide bonds. The van der Waals surface area contributed by atoms with E-state index in [2.05, 4.69) is 10.4 Å². The molecular formula is C20H19N5O6. The summed E-state index contributed by atoms with van der Waals surface area (Å²) < 4.78 is 7.12. The number of nitrogens with zero attached hydrogens (tertiary/aromatic N) is 4. The maximum atomic E-state index is 12.5. The van der Waals surface area contributed by atoms with E-state index in [4.69, 9.17) is 4.74 Å². The number of nitro groups is 2. The molecule has 0 unspecified atom stereocenters. The number of aryl methyl sites for hydroxylation is 2. The summed E-state index contributed by atoms with van der Waals surface area (Å²) in [7, 11) is 0. The molecule has 0 aliphatic carbocycles. The van der Waals surface area contributed by atoms with Gasteiger partial charge in [-0.2, -0.15) is 5.10 Å². The average molecular weight is 425 g/mol. The van der Waals surface area contributed by atoms with Crippen LogP contribution >= 0.6 is 0 Å². The minimum Gasteiger partial charge on any atom is -0.471 e. The van der Waals surface area contributed by atoms with Gasteiger partial charge in [-0.05, 0) is 38.5 Å². The van der Waals surface area contributed by atoms with Crippen LogP contribution in [0.15, 0.2) is 42.6 Å². The van der Waals surface area contributed by atoms with E-state index in [0.717, 1.165) is 23.3 Å². The summed E-state index contributed by atoms with van der Waals surface area (Å²) in [6.45, 7) is 5.24. The summed E-state index contributed by atoms with van der Waals surface area (Å²) in [6.07, 6.45) is 1.54. The molecule has 11 heteroatoms. The predicted molar refractivity (Wildman–Crippen MR) is 111 cm³/mol. The van der Waals surface area contributed by atoms with Gasteiger partial charge in [-0.3, -0.25) is 25.0 Å². The Labute approximate surface area is 176 Å². The summed E-state index contributed by atoms with van der Waals surface area (Å²) in [5, 5.41) is 28.9. The van der Waals surface area contributed by atoms with Crippen molar-refractivity contribution in [1.29, 1.82) is 0 Å². The third-order valence-corrected chi connectivity index (χ3v) is 4.56. The van der Waals surface area contributed by atoms with Gasteiger partial charge in [0.05, 0.1) is 15.5 Å². The number of hydrogen-bond donors (Lipinski definition) is 1. The van der Waals surface area contributed by atoms with Crippen LogP contribution in [0.5, 0.6) is 5.75 Å². The van der Waals surface area contributed by atoms with Gasteiger partial charge in [0, 0.05) is 18.3 Å². The molecule has 31 heavy (non-hydrogen) atoms. The Morgan fingerprint density at radius 3 is 2.29 bits per heavy atom. The lowest BCUT2D eigenvalue weighted by Crippen LogP contribution is -2.15. The lowest BCUT2D eigenvalue weighted by Gasteiger charge is -2.09. The van der Waals surface area contributed by atoms with Crippen molar-refractivity contribution in [2.24, 2.45) is 0 Å². The number of amides is 1. The molecule has 1 N–H and O–H groups in total. The van der Waals surface area contributed by atoms with Crippen LogP contribution in [0, 0.1) is 41.0 Å². The van der Waals surface area contributed by atoms with Crippen molar-refractivity contribution >= 4 is 23.0 Å². The van der Waals surface area contributed by atoms with Crippen LogP contribution < -0.4 is 10.1 Å². The van der Waals surface area contributed by atoms with Crippen molar-refractivity contribution < 1.29 is 19.4 Å². The molecule has 160 valence electrons. The maximum absolute atomic E-state index is 12.5. The number of carbonyl (C=O) groups excluding carboxylic acids is 1. The standard InChI is InChI=1S/C20H19N5O6/c1-12-4-5-19(13(2)8-12)31-11-23-7-6-16(22-23)20(26)21-15-9-17(24(27)28)14(3)18(10-15)25(29)30/h4-10H,11H2,1-3H3,(H,21,26). The third kappa shape index (κ3) is 4.83. The molecular weight excluding hydrogens is 406 g/mol. The van der Waals surface area contributed by atoms with Gasteiger partial charge in [-0.1, -0.05) is 17.7 Å². The van der Waals surface area contributed by atoms with Crippen LogP contribution in [-0.4, -0.2) is 25.5 Å². The fraction of sp³-hybridized carbons (Fsp3) is 0.200. The number of nitrogens with one attached hydrogen (secondary N) is 1. The van der Waals surface area contributed by atoms with E-state index in [1.807, 2.05) is 32.0 Å². The second kappa shape index (κ2) is 8.61. The van der Waals surface area contributed by atoms with Crippen LogP contribution in [0.2, 0.25) is 0 Å². The summed E-state index contributed by atoms with van der Waals surface area (Å²) >= 11 is 0. The van der Waals surface area contributed by atoms with Gasteiger partial charge in [-0.25, -0.2) is 4.68 Å². The van der Waals surface area contributed by atoms with Crippen molar-refractivity contribution in [3.63, 3.8) is 0 Å². The second-order valence-electron chi connectivity index (χ2n) is 6.89. The smallest absolute Gasteiger partial charge is 0.281 e. The number of hydrogen-bond acceptors (Lipinski definition) is 7. The molecule has 0 aliphatic rings. The molecule has 0 atom stereocenters. The largest absolute Gasteiger partial charge is 0.471 e. The first-order valence-corrected chi connectivity index (χ1v) is 9.14. The summed E-state index contributed by atoms with van der Waals surface area (Å²) in [6, 6.07) is 9.33. The second-order valence-corrected chi connectivity index (χ2v) is 6.89. The number of carbonyl (C=O) groups is 1. The monoisotopic (exact) mass is 425 g/mol. The lowest BCUT2D eigenvalue weighted by atomic mass is 10.1. The Balaban J connectivity index is 1.74. The summed E-state index contributed by atoms with van der Waals surface area (Å²) in [5.74, 6) is 0.0177. The van der Waals surface area contributed by atoms with Crippen LogP contribution in [0.3, 0.4) is 0 Å². The summed E-state index contributed by atoms with van der Waals surface area (Å²) in [4.78, 5) is 33.4. The zero-order valence-electron chi connectivity index (χ0n) is 17.0. The highest BCUT2D eigenvalue weighted by Crippen LogP contribution is 2.31. The molecule has 3 rings (SSSR count). The average Bonchev–Trinajstić information content (AvgIpc) is 3.17. The SMILES string of the molecule is Cc1ccc(OCn2ccc(C(=O)Nc3cc([N+](=O)[O-])c(C)c([N+](=O)[O-])c3)n2)c(C)c1. The van der Waals surface area contributed by atoms with Crippen molar-refractivity contribution in [2.75, 3.05) is 5.32 Å². The van der Waals surface area contributed by atoms with Gasteiger partial charge in [0.2, 0.25) is 0 Å². The fourth-order valence-corrected chi connectivity index (χ4v) is 2.98. The number of rotatable bonds is 7. The molecule has 2 aromatic carbocycles. The molecule has 3 aromatic rings. The predicted octanol–water partition coefficient (Wildman–Crippen LogP) is 3.91. The summed E-state index contributed by atoms with van der Waals surface area (Å²) in [5.41, 5.74) is 1.01. The molecule has 0 bridgehead atoms. The van der Waals surface area contributed by atoms with Gasteiger partial charge < -0.3 is 10.1 Å². The molecule has 1 heterocycles. The van der Waals surface area contributed by atoms with E-state index in [9.17, 15) is 25.0 Å². The Morgan fingerprint density at radius 2 is 1.71 bits per heavy atom. The van der Waals surface area contributed by atoms with Crippen molar-refractivity contribution in [2.45, 2.75) is 27.5 Å². The molecule has 1 aromatic heterocycles. The Morgan fingerprint density at radius 1 is 1.06 bits per heavy atom. The quantitative estimate of drug-likeness (QED) is 0.446. The normalized spacial score (nSPS) is 10.5. The molecule has 0 saturated heterocycles. The van der Waals surface area contributed by atoms with Crippen LogP contribution in [-0.2, 0) is 6.73 Å². The van der Waals surface area contributed by atoms with Gasteiger partial charge in [0.15, 0.2) is 12.4 Å². The number of benzene rings is 2. The molecule has 0 aliphatic heterocycles. The van der Waals surface area contributed by atoms with E-state index < -0.39 is 27.1 Å². The van der Waals surface area contributed by atoms with Crippen molar-refractivity contribution in [3.8, 4) is 5.75 Å². The highest BCUT2D eigenvalue weighted by Gasteiger charge is 2.24. The Kier molecular flexibility index (Phi) is 5.95. The van der Waals surface area contributed by atoms with Crippen LogP contribution in [0.25, 0.3) is 0 Å². The molecule has 0 radical (unpaired) electrons. The number of nitro benzene ring substituents is 2.